The van der Waals surface area contributed by atoms with Gasteiger partial charge in [0.1, 0.15) is 45.8 Å². The fourth-order valence-corrected chi connectivity index (χ4v) is 2.45. The molecule has 0 saturated heterocycles. The molecule has 0 saturated carbocycles. The Kier molecular flexibility index (Phi) is 10.0. The molecule has 0 atom stereocenters. The molecule has 0 amide bonds. The Hall–Kier alpha value is -5.11. The van der Waals surface area contributed by atoms with Gasteiger partial charge in [0, 0.05) is 11.6 Å². The molecule has 180 valence electrons. The van der Waals surface area contributed by atoms with E-state index in [4.69, 9.17) is 30.6 Å². The lowest BCUT2D eigenvalue weighted by Gasteiger charge is -1.96. The number of hydrogen-bond acceptors (Lipinski definition) is 8. The lowest BCUT2D eigenvalue weighted by molar-refractivity contribution is 0.460. The maximum atomic E-state index is 9.31. The number of benzene rings is 4. The number of pyridine rings is 1. The van der Waals surface area contributed by atoms with E-state index in [0.29, 0.717) is 5.52 Å². The van der Waals surface area contributed by atoms with Crippen LogP contribution in [-0.4, -0.2) is 40.7 Å². The van der Waals surface area contributed by atoms with Crippen LogP contribution in [0.3, 0.4) is 0 Å². The number of phenolic OH excluding ortho intramolecular Hbond substituents is 7. The lowest BCUT2D eigenvalue weighted by atomic mass is 10.2. The first-order valence-electron chi connectivity index (χ1n) is 10.2. The highest BCUT2D eigenvalue weighted by Gasteiger charge is 1.96. The maximum Gasteiger partial charge on any atom is 0.141 e. The molecule has 7 N–H and O–H groups in total. The number of fused-ring (bicyclic) bond motifs is 1. The standard InChI is InChI=1S/C9H7NO.3C6H6O2/c11-8-5-1-3-7-4-2-6-10-9(7)8;3*7-5-1-2-6(8)4-3-5/h1-6,11H;3*1-4,7-8H. The van der Waals surface area contributed by atoms with E-state index >= 15 is 0 Å². The first-order valence-corrected chi connectivity index (χ1v) is 10.2. The molecular weight excluding hydrogens is 450 g/mol. The van der Waals surface area contributed by atoms with Crippen molar-refractivity contribution in [3.63, 3.8) is 0 Å². The van der Waals surface area contributed by atoms with Crippen LogP contribution >= 0.6 is 0 Å². The molecular formula is C27H25NO7. The Morgan fingerprint density at radius 3 is 1.00 bits per heavy atom. The SMILES string of the molecule is Oc1ccc(O)cc1.Oc1ccc(O)cc1.Oc1ccc(O)cc1.Oc1cccc2cccnc12. The molecule has 8 heteroatoms. The molecule has 0 radical (unpaired) electrons. The molecule has 0 aliphatic heterocycles. The van der Waals surface area contributed by atoms with Gasteiger partial charge in [0.15, 0.2) is 0 Å². The number of rotatable bonds is 0. The largest absolute Gasteiger partial charge is 0.508 e. The van der Waals surface area contributed by atoms with E-state index in [1.807, 2.05) is 18.2 Å². The van der Waals surface area contributed by atoms with Gasteiger partial charge in [0.25, 0.3) is 0 Å². The predicted molar refractivity (Wildman–Crippen MR) is 133 cm³/mol. The number of hydrogen-bond donors (Lipinski definition) is 7. The van der Waals surface area contributed by atoms with E-state index in [1.54, 1.807) is 18.3 Å². The van der Waals surface area contributed by atoms with Crippen LogP contribution in [0.5, 0.6) is 40.2 Å². The summed E-state index contributed by atoms with van der Waals surface area (Å²) in [6.07, 6.45) is 1.67. The summed E-state index contributed by atoms with van der Waals surface area (Å²) in [4.78, 5) is 4.03. The number of para-hydroxylation sites is 1. The summed E-state index contributed by atoms with van der Waals surface area (Å²) in [6.45, 7) is 0. The fraction of sp³-hybridized carbons (Fsp3) is 0. The van der Waals surface area contributed by atoms with Crippen molar-refractivity contribution in [2.45, 2.75) is 0 Å². The van der Waals surface area contributed by atoms with Crippen molar-refractivity contribution in [2.24, 2.45) is 0 Å². The van der Waals surface area contributed by atoms with Gasteiger partial charge in [-0.1, -0.05) is 18.2 Å². The summed E-state index contributed by atoms with van der Waals surface area (Å²) < 4.78 is 0. The quantitative estimate of drug-likeness (QED) is 0.150. The van der Waals surface area contributed by atoms with E-state index in [9.17, 15) is 5.11 Å². The summed E-state index contributed by atoms with van der Waals surface area (Å²) in [6, 6.07) is 26.2. The van der Waals surface area contributed by atoms with Crippen LogP contribution in [0.2, 0.25) is 0 Å². The van der Waals surface area contributed by atoms with Crippen molar-refractivity contribution < 1.29 is 35.7 Å². The van der Waals surface area contributed by atoms with Gasteiger partial charge in [-0.3, -0.25) is 4.98 Å². The average molecular weight is 475 g/mol. The Morgan fingerprint density at radius 1 is 0.371 bits per heavy atom. The van der Waals surface area contributed by atoms with Gasteiger partial charge in [-0.2, -0.15) is 0 Å². The second-order valence-electron chi connectivity index (χ2n) is 6.90. The van der Waals surface area contributed by atoms with E-state index in [-0.39, 0.29) is 40.2 Å². The normalized spacial score (nSPS) is 9.37. The van der Waals surface area contributed by atoms with Crippen molar-refractivity contribution in [3.05, 3.63) is 109 Å². The van der Waals surface area contributed by atoms with Crippen LogP contribution < -0.4 is 0 Å². The van der Waals surface area contributed by atoms with Crippen LogP contribution in [0.1, 0.15) is 0 Å². The van der Waals surface area contributed by atoms with E-state index in [2.05, 4.69) is 4.98 Å². The average Bonchev–Trinajstić information content (AvgIpc) is 2.86. The van der Waals surface area contributed by atoms with E-state index in [0.717, 1.165) is 5.39 Å². The predicted octanol–water partition coefficient (Wildman–Crippen LogP) is 5.23. The van der Waals surface area contributed by atoms with Gasteiger partial charge in [-0.15, -0.1) is 0 Å². The van der Waals surface area contributed by atoms with Gasteiger partial charge in [0.05, 0.1) is 0 Å². The number of aromatic hydroxyl groups is 7. The number of phenols is 7. The zero-order valence-electron chi connectivity index (χ0n) is 18.5. The van der Waals surface area contributed by atoms with E-state index in [1.165, 1.54) is 72.8 Å². The third kappa shape index (κ3) is 9.92. The van der Waals surface area contributed by atoms with Crippen molar-refractivity contribution >= 4 is 10.9 Å². The third-order valence-electron chi connectivity index (χ3n) is 4.16. The minimum atomic E-state index is 0.169. The molecule has 0 fully saturated rings. The van der Waals surface area contributed by atoms with E-state index < -0.39 is 0 Å². The Labute approximate surface area is 201 Å². The molecule has 5 aromatic rings. The summed E-state index contributed by atoms with van der Waals surface area (Å²) in [7, 11) is 0. The van der Waals surface area contributed by atoms with Gasteiger partial charge >= 0.3 is 0 Å². The molecule has 1 aromatic heterocycles. The smallest absolute Gasteiger partial charge is 0.141 e. The summed E-state index contributed by atoms with van der Waals surface area (Å²) in [5.41, 5.74) is 0.662. The molecule has 0 aliphatic rings. The van der Waals surface area contributed by atoms with Crippen molar-refractivity contribution in [1.29, 1.82) is 0 Å². The zero-order chi connectivity index (χ0) is 25.6. The number of nitrogens with zero attached hydrogens (tertiary/aromatic N) is 1. The summed E-state index contributed by atoms with van der Waals surface area (Å²) in [5.74, 6) is 1.25. The second-order valence-corrected chi connectivity index (χ2v) is 6.90. The third-order valence-corrected chi connectivity index (χ3v) is 4.16. The molecule has 5 rings (SSSR count). The highest BCUT2D eigenvalue weighted by molar-refractivity contribution is 5.83. The van der Waals surface area contributed by atoms with Crippen LogP contribution in [0.4, 0.5) is 0 Å². The molecule has 8 nitrogen and oxygen atoms in total. The van der Waals surface area contributed by atoms with Crippen molar-refractivity contribution in [1.82, 2.24) is 4.98 Å². The Morgan fingerprint density at radius 2 is 0.686 bits per heavy atom. The molecule has 1 heterocycles. The van der Waals surface area contributed by atoms with Crippen molar-refractivity contribution in [2.75, 3.05) is 0 Å². The summed E-state index contributed by atoms with van der Waals surface area (Å²) >= 11 is 0. The Bertz CT molecular complexity index is 1120. The van der Waals surface area contributed by atoms with Crippen LogP contribution in [0.15, 0.2) is 109 Å². The highest BCUT2D eigenvalue weighted by Crippen LogP contribution is 2.20. The van der Waals surface area contributed by atoms with Gasteiger partial charge < -0.3 is 35.7 Å². The topological polar surface area (TPSA) is 154 Å². The second kappa shape index (κ2) is 13.4. The first-order chi connectivity index (χ1) is 16.7. The first kappa shape index (κ1) is 26.1. The fourth-order valence-electron chi connectivity index (χ4n) is 2.45. The summed E-state index contributed by atoms with van der Waals surface area (Å²) in [5, 5.41) is 62.1. The minimum Gasteiger partial charge on any atom is -0.508 e. The van der Waals surface area contributed by atoms with Gasteiger partial charge in [0.2, 0.25) is 0 Å². The van der Waals surface area contributed by atoms with Crippen molar-refractivity contribution in [3.8, 4) is 40.2 Å². The van der Waals surface area contributed by atoms with Gasteiger partial charge in [-0.05, 0) is 84.9 Å². The Balaban J connectivity index is 0.000000167. The minimum absolute atomic E-state index is 0.169. The number of aromatic nitrogens is 1. The molecule has 0 spiro atoms. The molecule has 0 aliphatic carbocycles. The monoisotopic (exact) mass is 475 g/mol. The van der Waals surface area contributed by atoms with Crippen LogP contribution in [0.25, 0.3) is 10.9 Å². The molecule has 4 aromatic carbocycles. The molecule has 0 unspecified atom stereocenters. The molecule has 0 bridgehead atoms. The van der Waals surface area contributed by atoms with Crippen LogP contribution in [-0.2, 0) is 0 Å². The maximum absolute atomic E-state index is 9.31. The lowest BCUT2D eigenvalue weighted by Crippen LogP contribution is -1.76. The highest BCUT2D eigenvalue weighted by atomic mass is 16.3. The zero-order valence-corrected chi connectivity index (χ0v) is 18.5. The molecule has 35 heavy (non-hydrogen) atoms. The van der Waals surface area contributed by atoms with Gasteiger partial charge in [-0.25, -0.2) is 0 Å². The van der Waals surface area contributed by atoms with Crippen LogP contribution in [0, 0.1) is 0 Å².